The first-order valence-electron chi connectivity index (χ1n) is 9.03. The van der Waals surface area contributed by atoms with Crippen LogP contribution in [0.25, 0.3) is 0 Å². The molecule has 0 rings (SSSR count). The van der Waals surface area contributed by atoms with E-state index in [1.807, 2.05) is 0 Å². The van der Waals surface area contributed by atoms with Crippen LogP contribution in [0.15, 0.2) is 0 Å². The van der Waals surface area contributed by atoms with Gasteiger partial charge in [-0.05, 0) is 12.8 Å². The highest BCUT2D eigenvalue weighted by molar-refractivity contribution is 6.83. The molecule has 0 heterocycles. The van der Waals surface area contributed by atoms with Crippen LogP contribution >= 0.6 is 0 Å². The number of rotatable bonds is 10. The first kappa shape index (κ1) is 23.4. The SMILES string of the molecule is CCCCCC(CC(C(=O)OC)[Si](C)(C)C)(C(=O)OC)[Si](C)(C)C. The lowest BCUT2D eigenvalue weighted by molar-refractivity contribution is -0.146. The van der Waals surface area contributed by atoms with Crippen molar-refractivity contribution in [3.05, 3.63) is 0 Å². The van der Waals surface area contributed by atoms with Gasteiger partial charge < -0.3 is 9.47 Å². The zero-order valence-corrected chi connectivity index (χ0v) is 19.2. The second-order valence-electron chi connectivity index (χ2n) is 8.93. The Balaban J connectivity index is 5.97. The lowest BCUT2D eigenvalue weighted by Gasteiger charge is -2.44. The predicted molar refractivity (Wildman–Crippen MR) is 106 cm³/mol. The van der Waals surface area contributed by atoms with Crippen molar-refractivity contribution in [3.8, 4) is 0 Å². The van der Waals surface area contributed by atoms with Crippen LogP contribution in [0.3, 0.4) is 0 Å². The molecule has 2 unspecified atom stereocenters. The molecule has 0 aliphatic rings. The molecule has 0 spiro atoms. The molecule has 0 aliphatic heterocycles. The van der Waals surface area contributed by atoms with Gasteiger partial charge >= 0.3 is 11.9 Å². The Morgan fingerprint density at radius 3 is 1.83 bits per heavy atom. The van der Waals surface area contributed by atoms with Gasteiger partial charge in [-0.25, -0.2) is 0 Å². The van der Waals surface area contributed by atoms with Crippen LogP contribution in [0.2, 0.25) is 49.9 Å². The minimum atomic E-state index is -1.93. The fraction of sp³-hybridized carbons (Fsp3) is 0.889. The monoisotopic (exact) mass is 374 g/mol. The summed E-state index contributed by atoms with van der Waals surface area (Å²) in [5, 5.41) is -0.532. The number of esters is 2. The maximum atomic E-state index is 12.9. The van der Waals surface area contributed by atoms with Crippen molar-refractivity contribution in [2.75, 3.05) is 14.2 Å². The highest BCUT2D eigenvalue weighted by atomic mass is 28.3. The van der Waals surface area contributed by atoms with E-state index in [4.69, 9.17) is 9.47 Å². The molecule has 0 saturated carbocycles. The van der Waals surface area contributed by atoms with Gasteiger partial charge in [0.2, 0.25) is 0 Å². The molecule has 142 valence electrons. The number of hydrogen-bond acceptors (Lipinski definition) is 4. The summed E-state index contributed by atoms with van der Waals surface area (Å²) < 4.78 is 10.4. The van der Waals surface area contributed by atoms with Gasteiger partial charge in [0.15, 0.2) is 0 Å². The fourth-order valence-corrected chi connectivity index (χ4v) is 7.83. The first-order chi connectivity index (χ1) is 10.9. The van der Waals surface area contributed by atoms with E-state index in [0.29, 0.717) is 6.42 Å². The van der Waals surface area contributed by atoms with Crippen molar-refractivity contribution in [1.82, 2.24) is 0 Å². The molecule has 0 bridgehead atoms. The zero-order chi connectivity index (χ0) is 19.2. The number of carbonyl (C=O) groups excluding carboxylic acids is 2. The molecule has 0 saturated heterocycles. The van der Waals surface area contributed by atoms with Gasteiger partial charge in [-0.2, -0.15) is 0 Å². The minimum Gasteiger partial charge on any atom is -0.469 e. The summed E-state index contributed by atoms with van der Waals surface area (Å²) in [4.78, 5) is 25.4. The van der Waals surface area contributed by atoms with E-state index in [2.05, 4.69) is 46.2 Å². The number of ether oxygens (including phenoxy) is 2. The number of hydrogen-bond donors (Lipinski definition) is 0. The summed E-state index contributed by atoms with van der Waals surface area (Å²) in [7, 11) is -0.840. The van der Waals surface area contributed by atoms with Gasteiger partial charge in [0, 0.05) is 0 Å². The van der Waals surface area contributed by atoms with E-state index in [0.717, 1.165) is 25.7 Å². The quantitative estimate of drug-likeness (QED) is 0.303. The van der Waals surface area contributed by atoms with Crippen molar-refractivity contribution in [2.24, 2.45) is 0 Å². The summed E-state index contributed by atoms with van der Waals surface area (Å²) >= 11 is 0. The lowest BCUT2D eigenvalue weighted by atomic mass is 9.94. The Hall–Kier alpha value is -0.626. The summed E-state index contributed by atoms with van der Waals surface area (Å²) in [5.74, 6) is -0.305. The van der Waals surface area contributed by atoms with Gasteiger partial charge in [0.05, 0.1) is 40.9 Å². The zero-order valence-electron chi connectivity index (χ0n) is 17.2. The van der Waals surface area contributed by atoms with Crippen LogP contribution in [0.5, 0.6) is 0 Å². The predicted octanol–water partition coefficient (Wildman–Crippen LogP) is 5.09. The second kappa shape index (κ2) is 9.18. The van der Waals surface area contributed by atoms with E-state index in [9.17, 15) is 9.59 Å². The van der Waals surface area contributed by atoms with E-state index in [1.165, 1.54) is 14.2 Å². The maximum absolute atomic E-state index is 12.9. The van der Waals surface area contributed by atoms with Crippen LogP contribution in [0.1, 0.15) is 39.0 Å². The molecule has 0 amide bonds. The molecule has 4 nitrogen and oxygen atoms in total. The fourth-order valence-electron chi connectivity index (χ4n) is 3.38. The Kier molecular flexibility index (Phi) is 8.94. The average molecular weight is 375 g/mol. The minimum absolute atomic E-state index is 0.134. The molecule has 0 aromatic carbocycles. The van der Waals surface area contributed by atoms with Crippen molar-refractivity contribution >= 4 is 28.1 Å². The second-order valence-corrected chi connectivity index (χ2v) is 19.8. The van der Waals surface area contributed by atoms with Crippen LogP contribution in [-0.4, -0.2) is 42.3 Å². The van der Waals surface area contributed by atoms with E-state index in [-0.39, 0.29) is 17.5 Å². The van der Waals surface area contributed by atoms with Crippen LogP contribution in [0, 0.1) is 0 Å². The molecular weight excluding hydrogens is 336 g/mol. The molecule has 0 N–H and O–H groups in total. The van der Waals surface area contributed by atoms with Gasteiger partial charge in [0.1, 0.15) is 0 Å². The van der Waals surface area contributed by atoms with Crippen LogP contribution in [-0.2, 0) is 19.1 Å². The molecule has 6 heteroatoms. The van der Waals surface area contributed by atoms with E-state index >= 15 is 0 Å². The highest BCUT2D eigenvalue weighted by Crippen LogP contribution is 2.52. The van der Waals surface area contributed by atoms with Crippen molar-refractivity contribution in [1.29, 1.82) is 0 Å². The van der Waals surface area contributed by atoms with Crippen molar-refractivity contribution in [3.63, 3.8) is 0 Å². The Morgan fingerprint density at radius 2 is 1.50 bits per heavy atom. The van der Waals surface area contributed by atoms with Crippen LogP contribution in [0.4, 0.5) is 0 Å². The van der Waals surface area contributed by atoms with Gasteiger partial charge in [-0.1, -0.05) is 65.5 Å². The third kappa shape index (κ3) is 5.72. The first-order valence-corrected chi connectivity index (χ1v) is 16.1. The summed E-state index contributed by atoms with van der Waals surface area (Å²) in [6.45, 7) is 15.3. The third-order valence-electron chi connectivity index (χ3n) is 5.30. The summed E-state index contributed by atoms with van der Waals surface area (Å²) in [6, 6.07) is 0. The number of carbonyl (C=O) groups is 2. The van der Waals surface area contributed by atoms with Gasteiger partial charge in [-0.15, -0.1) is 0 Å². The summed E-state index contributed by atoms with van der Waals surface area (Å²) in [5.41, 5.74) is -0.185. The largest absolute Gasteiger partial charge is 0.469 e. The topological polar surface area (TPSA) is 52.6 Å². The maximum Gasteiger partial charge on any atom is 0.308 e. The highest BCUT2D eigenvalue weighted by Gasteiger charge is 2.53. The molecule has 0 aliphatic carbocycles. The number of methoxy groups -OCH3 is 2. The van der Waals surface area contributed by atoms with Crippen molar-refractivity contribution < 1.29 is 19.1 Å². The number of unbranched alkanes of at least 4 members (excludes halogenated alkanes) is 2. The molecule has 24 heavy (non-hydrogen) atoms. The Bertz CT molecular complexity index is 424. The summed E-state index contributed by atoms with van der Waals surface area (Å²) in [6.07, 6.45) is 4.58. The van der Waals surface area contributed by atoms with Crippen molar-refractivity contribution in [2.45, 2.75) is 88.9 Å². The molecule has 0 aromatic rings. The Labute approximate surface area is 150 Å². The lowest BCUT2D eigenvalue weighted by Crippen LogP contribution is -2.49. The Morgan fingerprint density at radius 1 is 0.958 bits per heavy atom. The molecular formula is C18H38O4Si2. The van der Waals surface area contributed by atoms with Crippen LogP contribution < -0.4 is 0 Å². The standard InChI is InChI=1S/C18H38O4Si2/c1-10-11-12-13-18(17(20)22-3,24(7,8)9)14-15(16(19)21-2)23(4,5)6/h15H,10-14H2,1-9H3. The van der Waals surface area contributed by atoms with Gasteiger partial charge in [0.25, 0.3) is 0 Å². The van der Waals surface area contributed by atoms with Gasteiger partial charge in [-0.3, -0.25) is 9.59 Å². The molecule has 0 aromatic heterocycles. The molecule has 0 radical (unpaired) electrons. The normalized spacial score (nSPS) is 16.2. The average Bonchev–Trinajstić information content (AvgIpc) is 2.46. The van der Waals surface area contributed by atoms with E-state index < -0.39 is 21.2 Å². The molecule has 0 fully saturated rings. The van der Waals surface area contributed by atoms with E-state index in [1.54, 1.807) is 0 Å². The molecule has 2 atom stereocenters. The third-order valence-corrected chi connectivity index (χ3v) is 11.4. The smallest absolute Gasteiger partial charge is 0.308 e.